The van der Waals surface area contributed by atoms with E-state index in [0.717, 1.165) is 11.1 Å². The first-order valence-corrected chi connectivity index (χ1v) is 6.42. The number of ether oxygens (including phenoxy) is 1. The van der Waals surface area contributed by atoms with Crippen LogP contribution in [0.25, 0.3) is 21.9 Å². The summed E-state index contributed by atoms with van der Waals surface area (Å²) in [5.41, 5.74) is 3.69. The number of fused-ring (bicyclic) bond motifs is 1. The number of hydrogen-bond donors (Lipinski definition) is 0. The summed E-state index contributed by atoms with van der Waals surface area (Å²) in [5, 5.41) is 2.36. The first-order chi connectivity index (χ1) is 9.28. The Bertz CT molecular complexity index is 729. The summed E-state index contributed by atoms with van der Waals surface area (Å²) < 4.78 is 5.52. The van der Waals surface area contributed by atoms with Crippen molar-refractivity contribution in [2.45, 2.75) is 6.92 Å². The topological polar surface area (TPSA) is 9.23 Å². The van der Waals surface area contributed by atoms with E-state index in [1.807, 2.05) is 6.07 Å². The Morgan fingerprint density at radius 2 is 1.63 bits per heavy atom. The molecule has 0 aromatic heterocycles. The van der Waals surface area contributed by atoms with Gasteiger partial charge in [0.15, 0.2) is 0 Å². The van der Waals surface area contributed by atoms with Crippen LogP contribution in [0.2, 0.25) is 0 Å². The van der Waals surface area contributed by atoms with Gasteiger partial charge in [-0.25, -0.2) is 0 Å². The van der Waals surface area contributed by atoms with Gasteiger partial charge in [0.2, 0.25) is 0 Å². The molecule has 3 aromatic carbocycles. The summed E-state index contributed by atoms with van der Waals surface area (Å²) >= 11 is 0. The van der Waals surface area contributed by atoms with Crippen LogP contribution in [0.3, 0.4) is 0 Å². The maximum atomic E-state index is 5.52. The maximum absolute atomic E-state index is 5.52. The number of aryl methyl sites for hydroxylation is 1. The van der Waals surface area contributed by atoms with E-state index in [0.29, 0.717) is 0 Å². The summed E-state index contributed by atoms with van der Waals surface area (Å²) in [6, 6.07) is 21.2. The predicted octanol–water partition coefficient (Wildman–Crippen LogP) is 4.82. The average molecular weight is 248 g/mol. The zero-order valence-electron chi connectivity index (χ0n) is 11.2. The van der Waals surface area contributed by atoms with Crippen molar-refractivity contribution in [2.24, 2.45) is 0 Å². The average Bonchev–Trinajstić information content (AvgIpc) is 2.46. The van der Waals surface area contributed by atoms with Crippen molar-refractivity contribution in [3.05, 3.63) is 66.2 Å². The van der Waals surface area contributed by atoms with Gasteiger partial charge in [-0.15, -0.1) is 0 Å². The Balaban J connectivity index is 2.25. The largest absolute Gasteiger partial charge is 0.496 e. The van der Waals surface area contributed by atoms with Gasteiger partial charge in [0.05, 0.1) is 7.11 Å². The van der Waals surface area contributed by atoms with Gasteiger partial charge in [0.1, 0.15) is 5.75 Å². The van der Waals surface area contributed by atoms with Crippen LogP contribution in [0.1, 0.15) is 5.56 Å². The van der Waals surface area contributed by atoms with E-state index in [9.17, 15) is 0 Å². The Kier molecular flexibility index (Phi) is 2.96. The molecule has 0 radical (unpaired) electrons. The van der Waals surface area contributed by atoms with Crippen LogP contribution in [0.4, 0.5) is 0 Å². The molecule has 0 bridgehead atoms. The van der Waals surface area contributed by atoms with Crippen LogP contribution in [0.15, 0.2) is 60.7 Å². The molecule has 0 N–H and O–H groups in total. The highest BCUT2D eigenvalue weighted by Crippen LogP contribution is 2.32. The molecule has 0 saturated carbocycles. The number of benzene rings is 3. The lowest BCUT2D eigenvalue weighted by Crippen LogP contribution is -1.87. The van der Waals surface area contributed by atoms with E-state index in [-0.39, 0.29) is 0 Å². The number of rotatable bonds is 2. The highest BCUT2D eigenvalue weighted by molar-refractivity contribution is 5.92. The van der Waals surface area contributed by atoms with Gasteiger partial charge in [-0.3, -0.25) is 0 Å². The molecule has 0 fully saturated rings. The van der Waals surface area contributed by atoms with Crippen molar-refractivity contribution < 1.29 is 4.74 Å². The van der Waals surface area contributed by atoms with Gasteiger partial charge >= 0.3 is 0 Å². The molecule has 3 aromatic rings. The first kappa shape index (κ1) is 11.8. The Labute approximate surface area is 113 Å². The summed E-state index contributed by atoms with van der Waals surface area (Å²) in [7, 11) is 1.72. The van der Waals surface area contributed by atoms with E-state index in [1.54, 1.807) is 7.11 Å². The van der Waals surface area contributed by atoms with Gasteiger partial charge in [0, 0.05) is 5.39 Å². The third kappa shape index (κ3) is 2.19. The van der Waals surface area contributed by atoms with Crippen LogP contribution >= 0.6 is 0 Å². The maximum Gasteiger partial charge on any atom is 0.127 e. The van der Waals surface area contributed by atoms with Crippen LogP contribution in [0.5, 0.6) is 5.75 Å². The molecule has 0 aliphatic carbocycles. The molecular formula is C18H16O. The van der Waals surface area contributed by atoms with Crippen LogP contribution < -0.4 is 4.74 Å². The minimum atomic E-state index is 0.926. The second-order valence-electron chi connectivity index (χ2n) is 4.77. The minimum Gasteiger partial charge on any atom is -0.496 e. The lowest BCUT2D eigenvalue weighted by atomic mass is 9.99. The highest BCUT2D eigenvalue weighted by Gasteiger charge is 2.05. The summed E-state index contributed by atoms with van der Waals surface area (Å²) in [6.07, 6.45) is 0. The predicted molar refractivity (Wildman–Crippen MR) is 80.7 cm³/mol. The summed E-state index contributed by atoms with van der Waals surface area (Å²) in [5.74, 6) is 0.926. The standard InChI is InChI=1S/C18H16O/c1-13-6-5-8-14(10-13)16-11-15-7-3-4-9-17(15)18(12-16)19-2/h3-12H,1-2H3. The second-order valence-corrected chi connectivity index (χ2v) is 4.77. The van der Waals surface area contributed by atoms with Gasteiger partial charge in [-0.05, 0) is 35.6 Å². The molecule has 0 unspecified atom stereocenters. The molecular weight excluding hydrogens is 232 g/mol. The minimum absolute atomic E-state index is 0.926. The lowest BCUT2D eigenvalue weighted by molar-refractivity contribution is 0.420. The quantitative estimate of drug-likeness (QED) is 0.631. The molecule has 0 saturated heterocycles. The fourth-order valence-electron chi connectivity index (χ4n) is 2.44. The fourth-order valence-corrected chi connectivity index (χ4v) is 2.44. The molecule has 0 atom stereocenters. The lowest BCUT2D eigenvalue weighted by Gasteiger charge is -2.10. The normalized spacial score (nSPS) is 10.6. The van der Waals surface area contributed by atoms with E-state index in [4.69, 9.17) is 4.74 Å². The molecule has 0 spiro atoms. The zero-order chi connectivity index (χ0) is 13.2. The van der Waals surface area contributed by atoms with E-state index >= 15 is 0 Å². The highest BCUT2D eigenvalue weighted by atomic mass is 16.5. The Morgan fingerprint density at radius 1 is 0.789 bits per heavy atom. The molecule has 0 aliphatic heterocycles. The van der Waals surface area contributed by atoms with Crippen LogP contribution in [-0.4, -0.2) is 7.11 Å². The molecule has 1 heteroatoms. The third-order valence-electron chi connectivity index (χ3n) is 3.40. The van der Waals surface area contributed by atoms with Crippen molar-refractivity contribution in [1.29, 1.82) is 0 Å². The SMILES string of the molecule is COc1cc(-c2cccc(C)c2)cc2ccccc12. The smallest absolute Gasteiger partial charge is 0.127 e. The van der Waals surface area contributed by atoms with Crippen molar-refractivity contribution in [3.63, 3.8) is 0 Å². The fraction of sp³-hybridized carbons (Fsp3) is 0.111. The molecule has 19 heavy (non-hydrogen) atoms. The molecule has 0 aliphatic rings. The van der Waals surface area contributed by atoms with E-state index in [2.05, 4.69) is 61.5 Å². The van der Waals surface area contributed by atoms with Crippen molar-refractivity contribution in [1.82, 2.24) is 0 Å². The van der Waals surface area contributed by atoms with Crippen LogP contribution in [0, 0.1) is 6.92 Å². The van der Waals surface area contributed by atoms with E-state index < -0.39 is 0 Å². The summed E-state index contributed by atoms with van der Waals surface area (Å²) in [4.78, 5) is 0. The summed E-state index contributed by atoms with van der Waals surface area (Å²) in [6.45, 7) is 2.11. The van der Waals surface area contributed by atoms with Crippen molar-refractivity contribution in [2.75, 3.05) is 7.11 Å². The van der Waals surface area contributed by atoms with Crippen molar-refractivity contribution >= 4 is 10.8 Å². The van der Waals surface area contributed by atoms with Crippen LogP contribution in [-0.2, 0) is 0 Å². The van der Waals surface area contributed by atoms with Gasteiger partial charge in [0.25, 0.3) is 0 Å². The molecule has 3 rings (SSSR count). The zero-order valence-corrected chi connectivity index (χ0v) is 11.2. The number of hydrogen-bond acceptors (Lipinski definition) is 1. The second kappa shape index (κ2) is 4.77. The molecule has 0 heterocycles. The van der Waals surface area contributed by atoms with Gasteiger partial charge in [-0.1, -0.05) is 54.1 Å². The van der Waals surface area contributed by atoms with Gasteiger partial charge in [-0.2, -0.15) is 0 Å². The Hall–Kier alpha value is -2.28. The first-order valence-electron chi connectivity index (χ1n) is 6.42. The van der Waals surface area contributed by atoms with Crippen molar-refractivity contribution in [3.8, 4) is 16.9 Å². The van der Waals surface area contributed by atoms with Gasteiger partial charge < -0.3 is 4.74 Å². The molecule has 1 nitrogen and oxygen atoms in total. The third-order valence-corrected chi connectivity index (χ3v) is 3.40. The number of methoxy groups -OCH3 is 1. The monoisotopic (exact) mass is 248 g/mol. The van der Waals surface area contributed by atoms with E-state index in [1.165, 1.54) is 22.1 Å². The molecule has 0 amide bonds. The Morgan fingerprint density at radius 3 is 2.42 bits per heavy atom. The molecule has 94 valence electrons.